The molecule has 122 valence electrons. The van der Waals surface area contributed by atoms with Crippen LogP contribution in [0.25, 0.3) is 11.0 Å². The Balaban J connectivity index is 1.93. The maximum Gasteiger partial charge on any atom is 0.339 e. The van der Waals surface area contributed by atoms with Crippen LogP contribution >= 0.6 is 23.2 Å². The van der Waals surface area contributed by atoms with E-state index in [2.05, 4.69) is 5.32 Å². The van der Waals surface area contributed by atoms with Gasteiger partial charge in [-0.05, 0) is 42.5 Å². The SMILES string of the molecule is COC(=O)c1ccc(Cl)cc1NC(=O)c1cc2cc(Cl)ccc2o1. The third-order valence-electron chi connectivity index (χ3n) is 3.34. The number of benzene rings is 2. The molecule has 0 fully saturated rings. The molecule has 7 heteroatoms. The predicted molar refractivity (Wildman–Crippen MR) is 92.0 cm³/mol. The molecule has 0 aliphatic rings. The monoisotopic (exact) mass is 363 g/mol. The van der Waals surface area contributed by atoms with E-state index in [1.54, 1.807) is 24.3 Å². The van der Waals surface area contributed by atoms with Gasteiger partial charge in [-0.25, -0.2) is 4.79 Å². The molecule has 1 heterocycles. The number of methoxy groups -OCH3 is 1. The maximum atomic E-state index is 12.4. The summed E-state index contributed by atoms with van der Waals surface area (Å²) in [5.74, 6) is -1.02. The molecule has 0 saturated carbocycles. The number of ether oxygens (including phenoxy) is 1. The van der Waals surface area contributed by atoms with Gasteiger partial charge < -0.3 is 14.5 Å². The van der Waals surface area contributed by atoms with Crippen molar-refractivity contribution in [2.75, 3.05) is 12.4 Å². The van der Waals surface area contributed by atoms with E-state index in [1.165, 1.54) is 25.3 Å². The highest BCUT2D eigenvalue weighted by atomic mass is 35.5. The molecular weight excluding hydrogens is 353 g/mol. The average Bonchev–Trinajstić information content (AvgIpc) is 2.97. The Bertz CT molecular complexity index is 949. The maximum absolute atomic E-state index is 12.4. The van der Waals surface area contributed by atoms with Gasteiger partial charge in [0.05, 0.1) is 18.4 Å². The van der Waals surface area contributed by atoms with Crippen LogP contribution in [0.15, 0.2) is 46.9 Å². The molecule has 0 unspecified atom stereocenters. The van der Waals surface area contributed by atoms with Crippen LogP contribution in [0.1, 0.15) is 20.9 Å². The van der Waals surface area contributed by atoms with Crippen molar-refractivity contribution < 1.29 is 18.7 Å². The molecule has 1 amide bonds. The number of rotatable bonds is 3. The van der Waals surface area contributed by atoms with Crippen LogP contribution in [0.2, 0.25) is 10.0 Å². The number of hydrogen-bond acceptors (Lipinski definition) is 4. The van der Waals surface area contributed by atoms with Gasteiger partial charge in [0.2, 0.25) is 0 Å². The van der Waals surface area contributed by atoms with Gasteiger partial charge in [0.1, 0.15) is 5.58 Å². The molecule has 5 nitrogen and oxygen atoms in total. The smallest absolute Gasteiger partial charge is 0.339 e. The van der Waals surface area contributed by atoms with E-state index < -0.39 is 11.9 Å². The molecule has 0 bridgehead atoms. The lowest BCUT2D eigenvalue weighted by atomic mass is 10.1. The minimum absolute atomic E-state index is 0.0862. The van der Waals surface area contributed by atoms with Gasteiger partial charge in [-0.1, -0.05) is 23.2 Å². The largest absolute Gasteiger partial charge is 0.465 e. The number of carbonyl (C=O) groups excluding carboxylic acids is 2. The molecule has 0 saturated heterocycles. The van der Waals surface area contributed by atoms with Crippen molar-refractivity contribution in [2.45, 2.75) is 0 Å². The van der Waals surface area contributed by atoms with Crippen LogP contribution in [0, 0.1) is 0 Å². The Hall–Kier alpha value is -2.50. The minimum Gasteiger partial charge on any atom is -0.465 e. The predicted octanol–water partition coefficient (Wildman–Crippen LogP) is 4.78. The summed E-state index contributed by atoms with van der Waals surface area (Å²) in [5.41, 5.74) is 0.955. The van der Waals surface area contributed by atoms with Gasteiger partial charge in [0, 0.05) is 15.4 Å². The summed E-state index contributed by atoms with van der Waals surface area (Å²) in [6, 6.07) is 11.1. The zero-order valence-electron chi connectivity index (χ0n) is 12.4. The Morgan fingerprint density at radius 3 is 2.50 bits per heavy atom. The van der Waals surface area contributed by atoms with Gasteiger partial charge in [-0.2, -0.15) is 0 Å². The number of anilines is 1. The number of carbonyl (C=O) groups is 2. The summed E-state index contributed by atoms with van der Waals surface area (Å²) in [6.45, 7) is 0. The van der Waals surface area contributed by atoms with E-state index in [0.29, 0.717) is 21.0 Å². The lowest BCUT2D eigenvalue weighted by Crippen LogP contribution is -2.14. The molecular formula is C17H11Cl2NO4. The second kappa shape index (κ2) is 6.55. The van der Waals surface area contributed by atoms with Crippen molar-refractivity contribution in [1.29, 1.82) is 0 Å². The molecule has 0 radical (unpaired) electrons. The lowest BCUT2D eigenvalue weighted by Gasteiger charge is -2.09. The second-order valence-electron chi connectivity index (χ2n) is 4.93. The van der Waals surface area contributed by atoms with Crippen molar-refractivity contribution >= 4 is 51.7 Å². The lowest BCUT2D eigenvalue weighted by molar-refractivity contribution is 0.0602. The third-order valence-corrected chi connectivity index (χ3v) is 3.81. The molecule has 24 heavy (non-hydrogen) atoms. The highest BCUT2D eigenvalue weighted by Gasteiger charge is 2.18. The quantitative estimate of drug-likeness (QED) is 0.680. The summed E-state index contributed by atoms with van der Waals surface area (Å²) in [5, 5.41) is 4.22. The number of halogens is 2. The normalized spacial score (nSPS) is 10.6. The van der Waals surface area contributed by atoms with E-state index in [0.717, 1.165) is 0 Å². The zero-order valence-corrected chi connectivity index (χ0v) is 13.9. The van der Waals surface area contributed by atoms with E-state index in [4.69, 9.17) is 32.4 Å². The Morgan fingerprint density at radius 2 is 1.75 bits per heavy atom. The van der Waals surface area contributed by atoms with Crippen LogP contribution < -0.4 is 5.32 Å². The van der Waals surface area contributed by atoms with E-state index in [9.17, 15) is 9.59 Å². The van der Waals surface area contributed by atoms with Crippen molar-refractivity contribution in [2.24, 2.45) is 0 Å². The fraction of sp³-hybridized carbons (Fsp3) is 0.0588. The van der Waals surface area contributed by atoms with Gasteiger partial charge in [0.15, 0.2) is 5.76 Å². The molecule has 0 spiro atoms. The van der Waals surface area contributed by atoms with Crippen LogP contribution in [0.3, 0.4) is 0 Å². The summed E-state index contributed by atoms with van der Waals surface area (Å²) < 4.78 is 10.2. The second-order valence-corrected chi connectivity index (χ2v) is 5.80. The van der Waals surface area contributed by atoms with E-state index >= 15 is 0 Å². The topological polar surface area (TPSA) is 68.5 Å². The van der Waals surface area contributed by atoms with Crippen LogP contribution in [-0.4, -0.2) is 19.0 Å². The molecule has 2 aromatic carbocycles. The number of hydrogen-bond donors (Lipinski definition) is 1. The minimum atomic E-state index is -0.585. The fourth-order valence-corrected chi connectivity index (χ4v) is 2.57. The summed E-state index contributed by atoms with van der Waals surface area (Å²) in [4.78, 5) is 24.2. The molecule has 0 aliphatic carbocycles. The van der Waals surface area contributed by atoms with Crippen molar-refractivity contribution in [3.8, 4) is 0 Å². The first-order valence-electron chi connectivity index (χ1n) is 6.86. The van der Waals surface area contributed by atoms with Crippen LogP contribution in [-0.2, 0) is 4.74 Å². The highest BCUT2D eigenvalue weighted by Crippen LogP contribution is 2.26. The van der Waals surface area contributed by atoms with Gasteiger partial charge in [-0.15, -0.1) is 0 Å². The van der Waals surface area contributed by atoms with Crippen LogP contribution in [0.4, 0.5) is 5.69 Å². The van der Waals surface area contributed by atoms with Crippen molar-refractivity contribution in [3.05, 3.63) is 63.8 Å². The molecule has 3 aromatic rings. The van der Waals surface area contributed by atoms with Crippen molar-refractivity contribution in [1.82, 2.24) is 0 Å². The number of fused-ring (bicyclic) bond motifs is 1. The Labute approximate surface area is 147 Å². The van der Waals surface area contributed by atoms with E-state index in [1.807, 2.05) is 0 Å². The standard InChI is InChI=1S/C17H11Cl2NO4/c1-23-17(22)12-4-2-11(19)8-13(12)20-16(21)15-7-9-6-10(18)3-5-14(9)24-15/h2-8H,1H3,(H,20,21). The highest BCUT2D eigenvalue weighted by molar-refractivity contribution is 6.31. The Kier molecular flexibility index (Phi) is 4.46. The summed E-state index contributed by atoms with van der Waals surface area (Å²) >= 11 is 11.9. The first-order valence-corrected chi connectivity index (χ1v) is 7.62. The number of nitrogens with one attached hydrogen (secondary N) is 1. The molecule has 3 rings (SSSR count). The Morgan fingerprint density at radius 1 is 1.04 bits per heavy atom. The number of amides is 1. The van der Waals surface area contributed by atoms with E-state index in [-0.39, 0.29) is 17.0 Å². The van der Waals surface area contributed by atoms with Gasteiger partial charge in [-0.3, -0.25) is 4.79 Å². The third kappa shape index (κ3) is 3.22. The zero-order chi connectivity index (χ0) is 17.3. The average molecular weight is 364 g/mol. The molecule has 1 aromatic heterocycles. The van der Waals surface area contributed by atoms with Crippen LogP contribution in [0.5, 0.6) is 0 Å². The molecule has 0 aliphatic heterocycles. The van der Waals surface area contributed by atoms with Crippen molar-refractivity contribution in [3.63, 3.8) is 0 Å². The molecule has 1 N–H and O–H groups in total. The first-order chi connectivity index (χ1) is 11.5. The fourth-order valence-electron chi connectivity index (χ4n) is 2.22. The first kappa shape index (κ1) is 16.4. The van der Waals surface area contributed by atoms with Gasteiger partial charge >= 0.3 is 5.97 Å². The number of esters is 1. The number of furan rings is 1. The summed E-state index contributed by atoms with van der Waals surface area (Å²) in [6.07, 6.45) is 0. The molecule has 0 atom stereocenters. The van der Waals surface area contributed by atoms with Gasteiger partial charge in [0.25, 0.3) is 5.91 Å². The summed E-state index contributed by atoms with van der Waals surface area (Å²) in [7, 11) is 1.26.